The maximum atomic E-state index is 15.0. The molecule has 0 saturated heterocycles. The van der Waals surface area contributed by atoms with Crippen molar-refractivity contribution in [2.75, 3.05) is 0 Å². The lowest BCUT2D eigenvalue weighted by Crippen LogP contribution is -2.25. The zero-order chi connectivity index (χ0) is 30.8. The van der Waals surface area contributed by atoms with Gasteiger partial charge in [-0.3, -0.25) is 4.79 Å². The van der Waals surface area contributed by atoms with Gasteiger partial charge in [0, 0.05) is 23.8 Å². The van der Waals surface area contributed by atoms with E-state index in [0.29, 0.717) is 55.2 Å². The summed E-state index contributed by atoms with van der Waals surface area (Å²) in [5.74, 6) is -9.44. The van der Waals surface area contributed by atoms with Gasteiger partial charge in [-0.25, -0.2) is 26.3 Å². The molecule has 2 nitrogen and oxygen atoms in total. The first kappa shape index (κ1) is 31.2. The van der Waals surface area contributed by atoms with E-state index in [4.69, 9.17) is 4.74 Å². The molecule has 0 amide bonds. The predicted molar refractivity (Wildman–Crippen MR) is 138 cm³/mol. The van der Waals surface area contributed by atoms with Crippen LogP contribution in [-0.4, -0.2) is 12.1 Å². The molecule has 42 heavy (non-hydrogen) atoms. The summed E-state index contributed by atoms with van der Waals surface area (Å²) < 4.78 is 131. The highest BCUT2D eigenvalue weighted by molar-refractivity contribution is 5.77. The lowest BCUT2D eigenvalue weighted by molar-refractivity contribution is -0.140. The minimum absolute atomic E-state index is 0.134. The van der Waals surface area contributed by atoms with Crippen LogP contribution in [0.3, 0.4) is 0 Å². The molecule has 0 unspecified atom stereocenters. The van der Waals surface area contributed by atoms with E-state index < -0.39 is 92.6 Å². The quantitative estimate of drug-likeness (QED) is 0.153. The van der Waals surface area contributed by atoms with Crippen molar-refractivity contribution in [3.05, 3.63) is 82.9 Å². The summed E-state index contributed by atoms with van der Waals surface area (Å²) in [6.07, 6.45) is -0.142. The van der Waals surface area contributed by atoms with E-state index in [1.807, 2.05) is 0 Å². The van der Waals surface area contributed by atoms with Gasteiger partial charge in [-0.15, -0.1) is 0 Å². The SMILES string of the molecule is CCCC1CCC(C(=O)Oc2cc(F)c(-c3cc(F)c(-c4cc(F)c(C=CC(F)(F)F)c(F)c4)c(F)c3)c(F)c2)CC1. The summed E-state index contributed by atoms with van der Waals surface area (Å²) in [5.41, 5.74) is -4.18. The van der Waals surface area contributed by atoms with Gasteiger partial charge >= 0.3 is 12.1 Å². The van der Waals surface area contributed by atoms with Crippen molar-refractivity contribution in [3.63, 3.8) is 0 Å². The maximum Gasteiger partial charge on any atom is 0.409 e. The minimum atomic E-state index is -4.86. The molecule has 3 aromatic rings. The fourth-order valence-corrected chi connectivity index (χ4v) is 5.24. The molecule has 1 aliphatic rings. The van der Waals surface area contributed by atoms with Crippen LogP contribution in [0.4, 0.5) is 39.5 Å². The largest absolute Gasteiger partial charge is 0.426 e. The number of hydrogen-bond donors (Lipinski definition) is 0. The van der Waals surface area contributed by atoms with Crippen LogP contribution < -0.4 is 4.74 Å². The van der Waals surface area contributed by atoms with Gasteiger partial charge in [0.2, 0.25) is 0 Å². The number of esters is 1. The van der Waals surface area contributed by atoms with Gasteiger partial charge in [0.05, 0.1) is 17.0 Å². The zero-order valence-corrected chi connectivity index (χ0v) is 22.2. The first-order valence-corrected chi connectivity index (χ1v) is 13.2. The Labute approximate surface area is 235 Å². The second kappa shape index (κ2) is 12.6. The van der Waals surface area contributed by atoms with Crippen LogP contribution in [0.15, 0.2) is 42.5 Å². The molecule has 0 radical (unpaired) electrons. The molecule has 0 aliphatic heterocycles. The Morgan fingerprint density at radius 3 is 1.67 bits per heavy atom. The van der Waals surface area contributed by atoms with E-state index in [1.54, 1.807) is 0 Å². The monoisotopic (exact) mass is 600 g/mol. The van der Waals surface area contributed by atoms with Crippen LogP contribution in [0.5, 0.6) is 5.75 Å². The fourth-order valence-electron chi connectivity index (χ4n) is 5.24. The number of carbonyl (C=O) groups excluding carboxylic acids is 1. The summed E-state index contributed by atoms with van der Waals surface area (Å²) in [5, 5.41) is 0. The molecule has 4 rings (SSSR count). The van der Waals surface area contributed by atoms with Crippen molar-refractivity contribution in [1.29, 1.82) is 0 Å². The first-order chi connectivity index (χ1) is 19.8. The molecular weight excluding hydrogens is 575 g/mol. The minimum Gasteiger partial charge on any atom is -0.426 e. The summed E-state index contributed by atoms with van der Waals surface area (Å²) in [6.45, 7) is 2.08. The molecule has 3 aromatic carbocycles. The molecule has 0 spiro atoms. The van der Waals surface area contributed by atoms with Crippen molar-refractivity contribution in [1.82, 2.24) is 0 Å². The Balaban J connectivity index is 1.57. The van der Waals surface area contributed by atoms with Crippen molar-refractivity contribution in [2.24, 2.45) is 11.8 Å². The van der Waals surface area contributed by atoms with Crippen molar-refractivity contribution >= 4 is 12.0 Å². The third-order valence-corrected chi connectivity index (χ3v) is 7.25. The van der Waals surface area contributed by atoms with Crippen LogP contribution >= 0.6 is 0 Å². The van der Waals surface area contributed by atoms with Gasteiger partial charge in [0.1, 0.15) is 40.7 Å². The molecule has 0 atom stereocenters. The molecule has 1 aliphatic carbocycles. The van der Waals surface area contributed by atoms with Crippen LogP contribution in [0, 0.1) is 46.7 Å². The third-order valence-electron chi connectivity index (χ3n) is 7.25. The van der Waals surface area contributed by atoms with E-state index in [9.17, 15) is 44.3 Å². The Hall–Kier alpha value is -3.76. The molecule has 0 bridgehead atoms. The van der Waals surface area contributed by atoms with Crippen LogP contribution in [0.2, 0.25) is 0 Å². The number of allylic oxidation sites excluding steroid dienone is 1. The summed E-state index contributed by atoms with van der Waals surface area (Å²) in [6, 6.07) is 3.35. The number of alkyl halides is 3. The Morgan fingerprint density at radius 2 is 1.21 bits per heavy atom. The third kappa shape index (κ3) is 7.17. The van der Waals surface area contributed by atoms with E-state index in [0.717, 1.165) is 25.7 Å². The zero-order valence-electron chi connectivity index (χ0n) is 22.2. The average molecular weight is 601 g/mol. The number of benzene rings is 3. The number of ether oxygens (including phenoxy) is 1. The van der Waals surface area contributed by atoms with Gasteiger partial charge in [-0.05, 0) is 73.1 Å². The molecule has 0 heterocycles. The maximum absolute atomic E-state index is 15.0. The van der Waals surface area contributed by atoms with Gasteiger partial charge in [0.25, 0.3) is 0 Å². The highest BCUT2D eigenvalue weighted by atomic mass is 19.4. The van der Waals surface area contributed by atoms with Crippen molar-refractivity contribution in [3.8, 4) is 28.0 Å². The van der Waals surface area contributed by atoms with Gasteiger partial charge in [-0.2, -0.15) is 13.2 Å². The van der Waals surface area contributed by atoms with Gasteiger partial charge in [0.15, 0.2) is 0 Å². The van der Waals surface area contributed by atoms with Crippen LogP contribution in [0.25, 0.3) is 28.3 Å². The smallest absolute Gasteiger partial charge is 0.409 e. The Bertz CT molecular complexity index is 1430. The molecule has 1 fully saturated rings. The molecule has 0 N–H and O–H groups in total. The second-order valence-electron chi connectivity index (χ2n) is 10.2. The molecular formula is C31H25F9O2. The van der Waals surface area contributed by atoms with E-state index in [-0.39, 0.29) is 6.08 Å². The summed E-state index contributed by atoms with van der Waals surface area (Å²) >= 11 is 0. The Kier molecular flexibility index (Phi) is 9.37. The second-order valence-corrected chi connectivity index (χ2v) is 10.2. The van der Waals surface area contributed by atoms with Crippen molar-refractivity contribution in [2.45, 2.75) is 51.6 Å². The first-order valence-electron chi connectivity index (χ1n) is 13.2. The molecule has 1 saturated carbocycles. The number of halogens is 9. The lowest BCUT2D eigenvalue weighted by Gasteiger charge is -2.26. The highest BCUT2D eigenvalue weighted by Crippen LogP contribution is 2.37. The Morgan fingerprint density at radius 1 is 0.762 bits per heavy atom. The number of rotatable bonds is 7. The van der Waals surface area contributed by atoms with Crippen LogP contribution in [0.1, 0.15) is 51.0 Å². The van der Waals surface area contributed by atoms with E-state index in [1.165, 1.54) is 0 Å². The van der Waals surface area contributed by atoms with Crippen molar-refractivity contribution < 1.29 is 49.0 Å². The van der Waals surface area contributed by atoms with Crippen LogP contribution in [-0.2, 0) is 4.79 Å². The highest BCUT2D eigenvalue weighted by Gasteiger charge is 2.28. The summed E-state index contributed by atoms with van der Waals surface area (Å²) in [7, 11) is 0. The predicted octanol–water partition coefficient (Wildman–Crippen LogP) is 9.94. The lowest BCUT2D eigenvalue weighted by atomic mass is 9.80. The normalized spacial score (nSPS) is 17.6. The number of carbonyl (C=O) groups is 1. The van der Waals surface area contributed by atoms with Gasteiger partial charge < -0.3 is 4.74 Å². The van der Waals surface area contributed by atoms with E-state index >= 15 is 0 Å². The molecule has 0 aromatic heterocycles. The molecule has 11 heteroatoms. The fraction of sp³-hybridized carbons (Fsp3) is 0.323. The topological polar surface area (TPSA) is 26.3 Å². The standard InChI is InChI=1S/C31H25F9O2/c1-2-3-16-4-6-17(7-5-16)30(41)42-20-14-26(36)29(27(37)15-20)19-12-24(34)28(25(35)13-19)18-10-22(32)21(23(33)11-18)8-9-31(38,39)40/h8-17H,2-7H2,1H3. The summed E-state index contributed by atoms with van der Waals surface area (Å²) in [4.78, 5) is 12.5. The molecule has 224 valence electrons. The number of hydrogen-bond acceptors (Lipinski definition) is 2. The van der Waals surface area contributed by atoms with E-state index in [2.05, 4.69) is 6.92 Å². The van der Waals surface area contributed by atoms with Gasteiger partial charge in [-0.1, -0.05) is 19.8 Å². The average Bonchev–Trinajstić information content (AvgIpc) is 2.87.